The van der Waals surface area contributed by atoms with Crippen LogP contribution < -0.4 is 5.56 Å². The summed E-state index contributed by atoms with van der Waals surface area (Å²) < 4.78 is 1.83. The largest absolute Gasteiger partial charge is 0.478 e. The summed E-state index contributed by atoms with van der Waals surface area (Å²) in [5.41, 5.74) is 1.38. The fraction of sp³-hybridized carbons (Fsp3) is 0.429. The Morgan fingerprint density at radius 3 is 2.61 bits per heavy atom. The molecule has 0 aliphatic heterocycles. The van der Waals surface area contributed by atoms with Gasteiger partial charge in [-0.3, -0.25) is 4.79 Å². The van der Waals surface area contributed by atoms with Crippen molar-refractivity contribution in [2.75, 3.05) is 0 Å². The molecule has 1 aromatic heterocycles. The van der Waals surface area contributed by atoms with Crippen LogP contribution in [0.15, 0.2) is 23.0 Å². The summed E-state index contributed by atoms with van der Waals surface area (Å²) in [5, 5.41) is 8.60. The standard InChI is InChI=1S/C14H17NO3/c1-9(2)12-7-3-10(4-8-13(16)17)14(18)15(12)11-5-6-11/h3-4,7-9,11H,5-6H2,1-2H3,(H,16,17)/b8-4+. The van der Waals surface area contributed by atoms with E-state index in [1.54, 1.807) is 6.07 Å². The summed E-state index contributed by atoms with van der Waals surface area (Å²) >= 11 is 0. The summed E-state index contributed by atoms with van der Waals surface area (Å²) in [5.74, 6) is -0.754. The second-order valence-electron chi connectivity index (χ2n) is 4.95. The highest BCUT2D eigenvalue weighted by Gasteiger charge is 2.27. The molecule has 1 heterocycles. The topological polar surface area (TPSA) is 59.3 Å². The normalized spacial score (nSPS) is 15.5. The molecule has 0 unspecified atom stereocenters. The first-order valence-electron chi connectivity index (χ1n) is 6.17. The van der Waals surface area contributed by atoms with Gasteiger partial charge in [-0.2, -0.15) is 0 Å². The van der Waals surface area contributed by atoms with Gasteiger partial charge in [0.05, 0.1) is 0 Å². The summed E-state index contributed by atoms with van der Waals surface area (Å²) in [6.45, 7) is 4.11. The van der Waals surface area contributed by atoms with Crippen LogP contribution in [0.5, 0.6) is 0 Å². The molecule has 4 nitrogen and oxygen atoms in total. The summed E-state index contributed by atoms with van der Waals surface area (Å²) in [6.07, 6.45) is 4.44. The highest BCUT2D eigenvalue weighted by molar-refractivity contribution is 5.85. The molecule has 0 radical (unpaired) electrons. The molecular weight excluding hydrogens is 230 g/mol. The van der Waals surface area contributed by atoms with E-state index in [0.29, 0.717) is 11.6 Å². The Morgan fingerprint density at radius 1 is 1.44 bits per heavy atom. The number of pyridine rings is 1. The maximum absolute atomic E-state index is 12.3. The highest BCUT2D eigenvalue weighted by Crippen LogP contribution is 2.36. The molecule has 0 saturated heterocycles. The molecule has 1 aromatic rings. The summed E-state index contributed by atoms with van der Waals surface area (Å²) in [7, 11) is 0. The minimum Gasteiger partial charge on any atom is -0.478 e. The number of hydrogen-bond acceptors (Lipinski definition) is 2. The Balaban J connectivity index is 2.49. The van der Waals surface area contributed by atoms with E-state index < -0.39 is 5.97 Å². The first-order chi connectivity index (χ1) is 8.50. The fourth-order valence-electron chi connectivity index (χ4n) is 2.05. The van der Waals surface area contributed by atoms with Gasteiger partial charge >= 0.3 is 5.97 Å². The lowest BCUT2D eigenvalue weighted by Gasteiger charge is -2.15. The SMILES string of the molecule is CC(C)c1ccc(/C=C/C(=O)O)c(=O)n1C1CC1. The monoisotopic (exact) mass is 247 g/mol. The maximum atomic E-state index is 12.3. The van der Waals surface area contributed by atoms with E-state index in [1.165, 1.54) is 6.08 Å². The number of nitrogens with zero attached hydrogens (tertiary/aromatic N) is 1. The van der Waals surface area contributed by atoms with Gasteiger partial charge in [0, 0.05) is 23.4 Å². The molecule has 96 valence electrons. The van der Waals surface area contributed by atoms with Gasteiger partial charge in [-0.15, -0.1) is 0 Å². The minimum atomic E-state index is -1.04. The van der Waals surface area contributed by atoms with E-state index in [4.69, 9.17) is 5.11 Å². The number of carbonyl (C=O) groups is 1. The predicted octanol–water partition coefficient (Wildman–Crippen LogP) is 2.40. The third-order valence-electron chi connectivity index (χ3n) is 3.09. The molecule has 0 amide bonds. The summed E-state index contributed by atoms with van der Waals surface area (Å²) in [4.78, 5) is 22.8. The van der Waals surface area contributed by atoms with Gasteiger partial charge in [-0.25, -0.2) is 4.79 Å². The molecular formula is C14H17NO3. The molecule has 0 bridgehead atoms. The van der Waals surface area contributed by atoms with Crippen LogP contribution in [0.1, 0.15) is 49.9 Å². The molecule has 1 N–H and O–H groups in total. The van der Waals surface area contributed by atoms with Crippen molar-refractivity contribution < 1.29 is 9.90 Å². The molecule has 1 fully saturated rings. The van der Waals surface area contributed by atoms with Crippen LogP contribution >= 0.6 is 0 Å². The van der Waals surface area contributed by atoms with Gasteiger partial charge in [-0.05, 0) is 37.0 Å². The molecule has 1 aliphatic carbocycles. The minimum absolute atomic E-state index is 0.0822. The molecule has 1 saturated carbocycles. The van der Waals surface area contributed by atoms with Gasteiger partial charge < -0.3 is 9.67 Å². The van der Waals surface area contributed by atoms with E-state index >= 15 is 0 Å². The molecule has 4 heteroatoms. The van der Waals surface area contributed by atoms with E-state index in [0.717, 1.165) is 24.6 Å². The molecule has 2 rings (SSSR count). The third-order valence-corrected chi connectivity index (χ3v) is 3.09. The van der Waals surface area contributed by atoms with Crippen LogP contribution in [0.3, 0.4) is 0 Å². The van der Waals surface area contributed by atoms with Crippen LogP contribution in [0, 0.1) is 0 Å². The number of aromatic nitrogens is 1. The lowest BCUT2D eigenvalue weighted by Crippen LogP contribution is -2.25. The van der Waals surface area contributed by atoms with Crippen molar-refractivity contribution in [3.63, 3.8) is 0 Å². The molecule has 0 spiro atoms. The van der Waals surface area contributed by atoms with Gasteiger partial charge in [0.2, 0.25) is 0 Å². The van der Waals surface area contributed by atoms with Crippen molar-refractivity contribution in [2.45, 2.75) is 38.6 Å². The predicted molar refractivity (Wildman–Crippen MR) is 69.7 cm³/mol. The Bertz CT molecular complexity index is 551. The Morgan fingerprint density at radius 2 is 2.11 bits per heavy atom. The summed E-state index contributed by atoms with van der Waals surface area (Å²) in [6, 6.07) is 3.93. The average Bonchev–Trinajstić information content (AvgIpc) is 3.10. The lowest BCUT2D eigenvalue weighted by atomic mass is 10.1. The van der Waals surface area contributed by atoms with Gasteiger partial charge in [0.1, 0.15) is 0 Å². The quantitative estimate of drug-likeness (QED) is 0.831. The zero-order chi connectivity index (χ0) is 13.3. The Labute approximate surface area is 106 Å². The van der Waals surface area contributed by atoms with E-state index in [1.807, 2.05) is 10.6 Å². The number of hydrogen-bond donors (Lipinski definition) is 1. The van der Waals surface area contributed by atoms with Crippen molar-refractivity contribution in [3.8, 4) is 0 Å². The molecule has 0 atom stereocenters. The lowest BCUT2D eigenvalue weighted by molar-refractivity contribution is -0.131. The van der Waals surface area contributed by atoms with Crippen molar-refractivity contribution in [3.05, 3.63) is 39.8 Å². The van der Waals surface area contributed by atoms with Gasteiger partial charge in [0.25, 0.3) is 5.56 Å². The van der Waals surface area contributed by atoms with E-state index in [-0.39, 0.29) is 11.5 Å². The van der Waals surface area contributed by atoms with Gasteiger partial charge in [-0.1, -0.05) is 13.8 Å². The second-order valence-corrected chi connectivity index (χ2v) is 4.95. The van der Waals surface area contributed by atoms with Crippen molar-refractivity contribution >= 4 is 12.0 Å². The van der Waals surface area contributed by atoms with Crippen LogP contribution in [0.2, 0.25) is 0 Å². The number of rotatable bonds is 4. The van der Waals surface area contributed by atoms with Crippen LogP contribution in [0.4, 0.5) is 0 Å². The Kier molecular flexibility index (Phi) is 3.36. The zero-order valence-corrected chi connectivity index (χ0v) is 10.6. The second kappa shape index (κ2) is 4.80. The van der Waals surface area contributed by atoms with Crippen molar-refractivity contribution in [1.29, 1.82) is 0 Å². The van der Waals surface area contributed by atoms with Crippen molar-refractivity contribution in [2.24, 2.45) is 0 Å². The molecule has 1 aliphatic rings. The Hall–Kier alpha value is -1.84. The third kappa shape index (κ3) is 2.53. The smallest absolute Gasteiger partial charge is 0.328 e. The zero-order valence-electron chi connectivity index (χ0n) is 10.6. The fourth-order valence-corrected chi connectivity index (χ4v) is 2.05. The number of carboxylic acids is 1. The first-order valence-corrected chi connectivity index (χ1v) is 6.17. The maximum Gasteiger partial charge on any atom is 0.328 e. The highest BCUT2D eigenvalue weighted by atomic mass is 16.4. The van der Waals surface area contributed by atoms with Gasteiger partial charge in [0.15, 0.2) is 0 Å². The van der Waals surface area contributed by atoms with Crippen LogP contribution in [-0.2, 0) is 4.79 Å². The number of aliphatic carboxylic acids is 1. The van der Waals surface area contributed by atoms with Crippen LogP contribution in [0.25, 0.3) is 6.08 Å². The van der Waals surface area contributed by atoms with Crippen molar-refractivity contribution in [1.82, 2.24) is 4.57 Å². The number of carboxylic acid groups (broad SMARTS) is 1. The molecule has 18 heavy (non-hydrogen) atoms. The average molecular weight is 247 g/mol. The molecule has 0 aromatic carbocycles. The first kappa shape index (κ1) is 12.6. The van der Waals surface area contributed by atoms with E-state index in [2.05, 4.69) is 13.8 Å². The van der Waals surface area contributed by atoms with E-state index in [9.17, 15) is 9.59 Å². The van der Waals surface area contributed by atoms with Crippen LogP contribution in [-0.4, -0.2) is 15.6 Å².